The van der Waals surface area contributed by atoms with E-state index in [2.05, 4.69) is 12.2 Å². The third-order valence-electron chi connectivity index (χ3n) is 6.38. The predicted octanol–water partition coefficient (Wildman–Crippen LogP) is 6.58. The molecule has 0 saturated carbocycles. The highest BCUT2D eigenvalue weighted by molar-refractivity contribution is 7.99. The first-order chi connectivity index (χ1) is 17.0. The van der Waals surface area contributed by atoms with E-state index in [0.29, 0.717) is 15.9 Å². The summed E-state index contributed by atoms with van der Waals surface area (Å²) in [6, 6.07) is 13.2. The van der Waals surface area contributed by atoms with Crippen molar-refractivity contribution in [1.29, 1.82) is 0 Å². The van der Waals surface area contributed by atoms with E-state index in [0.717, 1.165) is 64.7 Å². The second-order valence-electron chi connectivity index (χ2n) is 8.70. The van der Waals surface area contributed by atoms with Crippen molar-refractivity contribution in [2.24, 2.45) is 0 Å². The summed E-state index contributed by atoms with van der Waals surface area (Å²) < 4.78 is 1.63. The molecule has 2 heterocycles. The van der Waals surface area contributed by atoms with Gasteiger partial charge in [-0.1, -0.05) is 48.5 Å². The summed E-state index contributed by atoms with van der Waals surface area (Å²) in [6.07, 6.45) is 4.98. The van der Waals surface area contributed by atoms with E-state index < -0.39 is 0 Å². The van der Waals surface area contributed by atoms with Gasteiger partial charge in [-0.2, -0.15) is 0 Å². The Morgan fingerprint density at radius 1 is 1.17 bits per heavy atom. The summed E-state index contributed by atoms with van der Waals surface area (Å²) >= 11 is 9.01. The van der Waals surface area contributed by atoms with Gasteiger partial charge < -0.3 is 5.32 Å². The van der Waals surface area contributed by atoms with E-state index in [9.17, 15) is 9.59 Å². The molecule has 0 saturated heterocycles. The summed E-state index contributed by atoms with van der Waals surface area (Å²) in [5, 5.41) is 4.90. The first-order valence-corrected chi connectivity index (χ1v) is 14.0. The van der Waals surface area contributed by atoms with Gasteiger partial charge in [-0.15, -0.1) is 11.3 Å². The number of rotatable bonds is 6. The van der Waals surface area contributed by atoms with E-state index in [1.165, 1.54) is 16.6 Å². The summed E-state index contributed by atoms with van der Waals surface area (Å²) in [5.74, 6) is 0.0233. The van der Waals surface area contributed by atoms with Crippen LogP contribution in [0.4, 0.5) is 5.69 Å². The Balaban J connectivity index is 1.52. The molecule has 0 unspecified atom stereocenters. The van der Waals surface area contributed by atoms with Crippen LogP contribution in [0.5, 0.6) is 0 Å². The van der Waals surface area contributed by atoms with E-state index >= 15 is 0 Å². The van der Waals surface area contributed by atoms with Crippen molar-refractivity contribution < 1.29 is 4.79 Å². The number of aryl methyl sites for hydroxylation is 4. The molecule has 5 rings (SSSR count). The average Bonchev–Trinajstić information content (AvgIpc) is 3.23. The minimum atomic E-state index is -0.124. The first kappa shape index (κ1) is 24.1. The zero-order valence-corrected chi connectivity index (χ0v) is 22.1. The molecule has 0 atom stereocenters. The standard InChI is InChI=1S/C27H26ClN3O2S2/c1-3-17-8-6-7-16(2)24(17)29-22(32)15-34-27-30-25-23(20-9-4-5-10-21(20)35-25)26(33)31(27)19-13-11-18(28)12-14-19/h6-8,11-14H,3-5,9-10,15H2,1-2H3,(H,29,32). The molecule has 5 nitrogen and oxygen atoms in total. The van der Waals surface area contributed by atoms with Crippen molar-refractivity contribution >= 4 is 56.5 Å². The topological polar surface area (TPSA) is 64.0 Å². The van der Waals surface area contributed by atoms with E-state index in [1.807, 2.05) is 37.3 Å². The van der Waals surface area contributed by atoms with Crippen LogP contribution in [0.1, 0.15) is 41.3 Å². The first-order valence-electron chi connectivity index (χ1n) is 11.8. The summed E-state index contributed by atoms with van der Waals surface area (Å²) in [5.41, 5.74) is 4.77. The molecule has 1 N–H and O–H groups in total. The van der Waals surface area contributed by atoms with Crippen LogP contribution in [0.25, 0.3) is 15.9 Å². The number of amides is 1. The molecule has 8 heteroatoms. The molecule has 0 fully saturated rings. The number of hydrogen-bond acceptors (Lipinski definition) is 5. The highest BCUT2D eigenvalue weighted by atomic mass is 35.5. The van der Waals surface area contributed by atoms with Gasteiger partial charge in [-0.05, 0) is 80.0 Å². The summed E-state index contributed by atoms with van der Waals surface area (Å²) in [4.78, 5) is 33.7. The van der Waals surface area contributed by atoms with Crippen molar-refractivity contribution in [2.45, 2.75) is 51.1 Å². The molecule has 1 aliphatic rings. The van der Waals surface area contributed by atoms with Gasteiger partial charge in [0.05, 0.1) is 16.8 Å². The maximum absolute atomic E-state index is 13.8. The number of benzene rings is 2. The highest BCUT2D eigenvalue weighted by Gasteiger charge is 2.23. The molecule has 4 aromatic rings. The van der Waals surface area contributed by atoms with Crippen LogP contribution in [-0.4, -0.2) is 21.2 Å². The quantitative estimate of drug-likeness (QED) is 0.229. The maximum atomic E-state index is 13.8. The minimum Gasteiger partial charge on any atom is -0.325 e. The number of anilines is 1. The zero-order valence-electron chi connectivity index (χ0n) is 19.7. The van der Waals surface area contributed by atoms with Crippen molar-refractivity contribution in [1.82, 2.24) is 9.55 Å². The van der Waals surface area contributed by atoms with E-state index in [-0.39, 0.29) is 17.2 Å². The Morgan fingerprint density at radius 3 is 2.71 bits per heavy atom. The van der Waals surface area contributed by atoms with Gasteiger partial charge in [-0.25, -0.2) is 4.98 Å². The Labute approximate surface area is 217 Å². The number of carbonyl (C=O) groups excluding carboxylic acids is 1. The number of nitrogens with zero attached hydrogens (tertiary/aromatic N) is 2. The van der Waals surface area contributed by atoms with Crippen molar-refractivity contribution in [3.8, 4) is 5.69 Å². The summed E-state index contributed by atoms with van der Waals surface area (Å²) in [6.45, 7) is 4.07. The fourth-order valence-electron chi connectivity index (χ4n) is 4.61. The van der Waals surface area contributed by atoms with Gasteiger partial charge in [0, 0.05) is 15.6 Å². The number of aromatic nitrogens is 2. The van der Waals surface area contributed by atoms with Gasteiger partial charge in [0.25, 0.3) is 5.56 Å². The van der Waals surface area contributed by atoms with Crippen LogP contribution >= 0.6 is 34.7 Å². The second kappa shape index (κ2) is 10.2. The largest absolute Gasteiger partial charge is 0.325 e. The number of thioether (sulfide) groups is 1. The van der Waals surface area contributed by atoms with E-state index in [1.54, 1.807) is 28.0 Å². The number of thiophene rings is 1. The zero-order chi connectivity index (χ0) is 24.5. The smallest absolute Gasteiger partial charge is 0.267 e. The van der Waals surface area contributed by atoms with Gasteiger partial charge in [-0.3, -0.25) is 14.2 Å². The number of halogens is 1. The molecule has 0 aliphatic heterocycles. The molecule has 2 aromatic heterocycles. The number of para-hydroxylation sites is 1. The molecular weight excluding hydrogens is 498 g/mol. The number of nitrogens with one attached hydrogen (secondary N) is 1. The lowest BCUT2D eigenvalue weighted by molar-refractivity contribution is -0.113. The van der Waals surface area contributed by atoms with Crippen LogP contribution < -0.4 is 10.9 Å². The molecule has 1 amide bonds. The fraction of sp³-hybridized carbons (Fsp3) is 0.296. The SMILES string of the molecule is CCc1cccc(C)c1NC(=O)CSc1nc2sc3c(c2c(=O)n1-c1ccc(Cl)cc1)CCCC3. The Hall–Kier alpha value is -2.61. The van der Waals surface area contributed by atoms with Crippen LogP contribution in [-0.2, 0) is 24.1 Å². The molecule has 2 aromatic carbocycles. The molecule has 0 spiro atoms. The average molecular weight is 524 g/mol. The third-order valence-corrected chi connectivity index (χ3v) is 8.76. The van der Waals surface area contributed by atoms with Gasteiger partial charge in [0.2, 0.25) is 5.91 Å². The molecule has 180 valence electrons. The highest BCUT2D eigenvalue weighted by Crippen LogP contribution is 2.35. The molecular formula is C27H26ClN3O2S2. The Kier molecular flexibility index (Phi) is 7.00. The van der Waals surface area contributed by atoms with Crippen molar-refractivity contribution in [3.63, 3.8) is 0 Å². The van der Waals surface area contributed by atoms with Crippen LogP contribution in [0.3, 0.4) is 0 Å². The lowest BCUT2D eigenvalue weighted by Gasteiger charge is -2.15. The Bertz CT molecular complexity index is 1470. The molecule has 1 aliphatic carbocycles. The van der Waals surface area contributed by atoms with Gasteiger partial charge >= 0.3 is 0 Å². The number of fused-ring (bicyclic) bond motifs is 3. The van der Waals surface area contributed by atoms with Gasteiger partial charge in [0.1, 0.15) is 4.83 Å². The van der Waals surface area contributed by atoms with Crippen molar-refractivity contribution in [2.75, 3.05) is 11.1 Å². The normalized spacial score (nSPS) is 13.1. The van der Waals surface area contributed by atoms with Crippen LogP contribution in [0.15, 0.2) is 52.4 Å². The monoisotopic (exact) mass is 523 g/mol. The number of hydrogen-bond donors (Lipinski definition) is 1. The minimum absolute atomic E-state index is 0.0770. The lowest BCUT2D eigenvalue weighted by atomic mass is 9.97. The number of carbonyl (C=O) groups is 1. The predicted molar refractivity (Wildman–Crippen MR) is 147 cm³/mol. The maximum Gasteiger partial charge on any atom is 0.267 e. The third kappa shape index (κ3) is 4.77. The lowest BCUT2D eigenvalue weighted by Crippen LogP contribution is -2.23. The second-order valence-corrected chi connectivity index (χ2v) is 11.2. The molecule has 0 radical (unpaired) electrons. The van der Waals surface area contributed by atoms with Crippen LogP contribution in [0, 0.1) is 6.92 Å². The fourth-order valence-corrected chi connectivity index (χ4v) is 6.85. The Morgan fingerprint density at radius 2 is 1.94 bits per heavy atom. The molecule has 35 heavy (non-hydrogen) atoms. The molecule has 0 bridgehead atoms. The van der Waals surface area contributed by atoms with Gasteiger partial charge in [0.15, 0.2) is 5.16 Å². The van der Waals surface area contributed by atoms with E-state index in [4.69, 9.17) is 16.6 Å². The van der Waals surface area contributed by atoms with Crippen molar-refractivity contribution in [3.05, 3.63) is 79.4 Å². The van der Waals surface area contributed by atoms with Crippen LogP contribution in [0.2, 0.25) is 5.02 Å². The summed E-state index contributed by atoms with van der Waals surface area (Å²) in [7, 11) is 0.